The third kappa shape index (κ3) is 2.47. The molecule has 1 aromatic carbocycles. The van der Waals surface area contributed by atoms with Gasteiger partial charge < -0.3 is 5.32 Å². The summed E-state index contributed by atoms with van der Waals surface area (Å²) in [5.41, 5.74) is 4.76. The molecule has 0 bridgehead atoms. The van der Waals surface area contributed by atoms with Crippen LogP contribution in [-0.2, 0) is 11.2 Å². The number of hydrogen-bond acceptors (Lipinski definition) is 2. The van der Waals surface area contributed by atoms with Crippen LogP contribution >= 0.6 is 27.3 Å². The first-order valence-corrected chi connectivity index (χ1v) is 8.05. The van der Waals surface area contributed by atoms with Crippen LogP contribution in [-0.4, -0.2) is 5.91 Å². The minimum atomic E-state index is 0.116. The minimum Gasteiger partial charge on any atom is -0.326 e. The van der Waals surface area contributed by atoms with Gasteiger partial charge in [0.2, 0.25) is 5.91 Å². The van der Waals surface area contributed by atoms with E-state index in [4.69, 9.17) is 0 Å². The molecule has 2 heterocycles. The zero-order valence-corrected chi connectivity index (χ0v) is 13.0. The fourth-order valence-electron chi connectivity index (χ4n) is 2.36. The molecule has 1 N–H and O–H groups in total. The van der Waals surface area contributed by atoms with E-state index in [-0.39, 0.29) is 10.7 Å². The van der Waals surface area contributed by atoms with Crippen molar-refractivity contribution < 1.29 is 4.79 Å². The van der Waals surface area contributed by atoms with E-state index in [1.165, 1.54) is 21.6 Å². The summed E-state index contributed by atoms with van der Waals surface area (Å²) in [4.78, 5) is 12.9. The summed E-state index contributed by atoms with van der Waals surface area (Å²) in [6, 6.07) is 8.45. The molecule has 1 unspecified atom stereocenters. The molecule has 1 atom stereocenters. The van der Waals surface area contributed by atoms with E-state index in [1.807, 2.05) is 6.07 Å². The monoisotopic (exact) mass is 335 g/mol. The van der Waals surface area contributed by atoms with Crippen molar-refractivity contribution in [3.8, 4) is 0 Å². The fraction of sp³-hybridized carbons (Fsp3) is 0.267. The van der Waals surface area contributed by atoms with Crippen molar-refractivity contribution in [3.05, 3.63) is 51.2 Å². The highest BCUT2D eigenvalue weighted by atomic mass is 79.9. The maximum absolute atomic E-state index is 11.4. The molecule has 4 heteroatoms. The highest BCUT2D eigenvalue weighted by Gasteiger charge is 2.19. The fourth-order valence-corrected chi connectivity index (χ4v) is 4.25. The Bertz CT molecular complexity index is 635. The second kappa shape index (κ2) is 5.10. The molecule has 0 spiro atoms. The van der Waals surface area contributed by atoms with E-state index in [0.29, 0.717) is 6.42 Å². The number of aryl methyl sites for hydroxylation is 2. The van der Waals surface area contributed by atoms with E-state index in [2.05, 4.69) is 51.7 Å². The summed E-state index contributed by atoms with van der Waals surface area (Å²) in [6.45, 7) is 2.14. The van der Waals surface area contributed by atoms with Crippen molar-refractivity contribution in [3.63, 3.8) is 0 Å². The van der Waals surface area contributed by atoms with E-state index in [0.717, 1.165) is 12.1 Å². The summed E-state index contributed by atoms with van der Waals surface area (Å²) < 4.78 is 0. The molecule has 2 aromatic rings. The Hall–Kier alpha value is -1.13. The third-order valence-corrected chi connectivity index (χ3v) is 5.82. The van der Waals surface area contributed by atoms with Gasteiger partial charge >= 0.3 is 0 Å². The summed E-state index contributed by atoms with van der Waals surface area (Å²) in [5.74, 6) is 0.116. The van der Waals surface area contributed by atoms with Gasteiger partial charge in [-0.1, -0.05) is 28.1 Å². The number of thiophene rings is 1. The number of rotatable bonds is 2. The lowest BCUT2D eigenvalue weighted by molar-refractivity contribution is -0.116. The number of halogens is 1. The van der Waals surface area contributed by atoms with Crippen molar-refractivity contribution in [2.75, 3.05) is 5.32 Å². The Morgan fingerprint density at radius 1 is 1.32 bits per heavy atom. The molecule has 1 aliphatic heterocycles. The highest BCUT2D eigenvalue weighted by molar-refractivity contribution is 9.09. The van der Waals surface area contributed by atoms with Crippen molar-refractivity contribution in [2.45, 2.75) is 24.6 Å². The Balaban J connectivity index is 1.94. The van der Waals surface area contributed by atoms with Crippen LogP contribution in [0.5, 0.6) is 0 Å². The summed E-state index contributed by atoms with van der Waals surface area (Å²) >= 11 is 5.56. The van der Waals surface area contributed by atoms with Gasteiger partial charge in [0.15, 0.2) is 0 Å². The van der Waals surface area contributed by atoms with Crippen LogP contribution in [0, 0.1) is 6.92 Å². The molecule has 0 radical (unpaired) electrons. The number of anilines is 1. The molecule has 0 aliphatic carbocycles. The predicted molar refractivity (Wildman–Crippen MR) is 83.2 cm³/mol. The smallest absolute Gasteiger partial charge is 0.224 e. The Labute approximate surface area is 125 Å². The number of amides is 1. The van der Waals surface area contributed by atoms with Gasteiger partial charge in [-0.25, -0.2) is 0 Å². The summed E-state index contributed by atoms with van der Waals surface area (Å²) in [7, 11) is 0. The Kier molecular flexibility index (Phi) is 3.46. The van der Waals surface area contributed by atoms with Crippen LogP contribution in [0.15, 0.2) is 29.6 Å². The number of benzene rings is 1. The average Bonchev–Trinajstić information content (AvgIpc) is 2.83. The van der Waals surface area contributed by atoms with Gasteiger partial charge in [-0.3, -0.25) is 4.79 Å². The minimum absolute atomic E-state index is 0.116. The number of fused-ring (bicyclic) bond motifs is 1. The van der Waals surface area contributed by atoms with Gasteiger partial charge in [-0.15, -0.1) is 11.3 Å². The third-order valence-electron chi connectivity index (χ3n) is 3.45. The van der Waals surface area contributed by atoms with Gasteiger partial charge in [0.05, 0.1) is 4.83 Å². The van der Waals surface area contributed by atoms with Crippen LogP contribution in [0.3, 0.4) is 0 Å². The number of alkyl halides is 1. The molecule has 19 heavy (non-hydrogen) atoms. The maximum atomic E-state index is 11.4. The second-order valence-electron chi connectivity index (χ2n) is 4.80. The number of nitrogens with one attached hydrogen (secondary N) is 1. The van der Waals surface area contributed by atoms with Crippen LogP contribution in [0.2, 0.25) is 0 Å². The molecule has 98 valence electrons. The maximum Gasteiger partial charge on any atom is 0.224 e. The van der Waals surface area contributed by atoms with Crippen molar-refractivity contribution >= 4 is 38.9 Å². The molecule has 1 aromatic heterocycles. The quantitative estimate of drug-likeness (QED) is 0.808. The van der Waals surface area contributed by atoms with Gasteiger partial charge in [-0.05, 0) is 47.5 Å². The van der Waals surface area contributed by atoms with Crippen LogP contribution in [0.4, 0.5) is 5.69 Å². The zero-order chi connectivity index (χ0) is 13.4. The van der Waals surface area contributed by atoms with Crippen molar-refractivity contribution in [1.29, 1.82) is 0 Å². The Morgan fingerprint density at radius 3 is 2.89 bits per heavy atom. The standard InChI is InChI=1S/C15H14BrNOS/c1-9-6-7-19-15(9)14(16)11-2-4-12-10(8-11)3-5-13(18)17-12/h2,4,6-8,14H,3,5H2,1H3,(H,17,18). The number of hydrogen-bond donors (Lipinski definition) is 1. The summed E-state index contributed by atoms with van der Waals surface area (Å²) in [5, 5.41) is 5.04. The van der Waals surface area contributed by atoms with Gasteiger partial charge in [-0.2, -0.15) is 0 Å². The first-order chi connectivity index (χ1) is 9.15. The summed E-state index contributed by atoms with van der Waals surface area (Å²) in [6.07, 6.45) is 1.42. The zero-order valence-electron chi connectivity index (χ0n) is 10.6. The first kappa shape index (κ1) is 12.9. The van der Waals surface area contributed by atoms with Gasteiger partial charge in [0.1, 0.15) is 0 Å². The Morgan fingerprint density at radius 2 is 2.16 bits per heavy atom. The van der Waals surface area contributed by atoms with Crippen molar-refractivity contribution in [1.82, 2.24) is 0 Å². The lowest BCUT2D eigenvalue weighted by Gasteiger charge is -2.19. The molecule has 1 aliphatic rings. The van der Waals surface area contributed by atoms with E-state index >= 15 is 0 Å². The van der Waals surface area contributed by atoms with Gasteiger partial charge in [0, 0.05) is 17.0 Å². The largest absolute Gasteiger partial charge is 0.326 e. The topological polar surface area (TPSA) is 29.1 Å². The normalized spacial score (nSPS) is 15.8. The molecular weight excluding hydrogens is 322 g/mol. The molecule has 2 nitrogen and oxygen atoms in total. The van der Waals surface area contributed by atoms with E-state index < -0.39 is 0 Å². The number of carbonyl (C=O) groups is 1. The van der Waals surface area contributed by atoms with Crippen molar-refractivity contribution in [2.24, 2.45) is 0 Å². The lowest BCUT2D eigenvalue weighted by atomic mass is 9.98. The second-order valence-corrected chi connectivity index (χ2v) is 6.66. The SMILES string of the molecule is Cc1ccsc1C(Br)c1ccc2c(c1)CCC(=O)N2. The van der Waals surface area contributed by atoms with Gasteiger partial charge in [0.25, 0.3) is 0 Å². The van der Waals surface area contributed by atoms with Crippen LogP contribution in [0.1, 0.15) is 32.8 Å². The van der Waals surface area contributed by atoms with Crippen LogP contribution < -0.4 is 5.32 Å². The van der Waals surface area contributed by atoms with E-state index in [1.54, 1.807) is 11.3 Å². The average molecular weight is 336 g/mol. The molecule has 1 amide bonds. The molecule has 0 saturated heterocycles. The number of carbonyl (C=O) groups excluding carboxylic acids is 1. The highest BCUT2D eigenvalue weighted by Crippen LogP contribution is 2.38. The molecule has 0 fully saturated rings. The van der Waals surface area contributed by atoms with E-state index in [9.17, 15) is 4.79 Å². The molecular formula is C15H14BrNOS. The van der Waals surface area contributed by atoms with Crippen LogP contribution in [0.25, 0.3) is 0 Å². The lowest BCUT2D eigenvalue weighted by Crippen LogP contribution is -2.19. The molecule has 3 rings (SSSR count). The molecule has 0 saturated carbocycles. The first-order valence-electron chi connectivity index (χ1n) is 6.26. The predicted octanol–water partition coefficient (Wildman–Crippen LogP) is 4.43.